The Bertz CT molecular complexity index is 1320. The van der Waals surface area contributed by atoms with E-state index < -0.39 is 10.0 Å². The fourth-order valence-electron chi connectivity index (χ4n) is 3.37. The normalized spacial score (nSPS) is 11.3. The molecule has 0 atom stereocenters. The van der Waals surface area contributed by atoms with Crippen LogP contribution in [0.1, 0.15) is 10.4 Å². The molecule has 1 N–H and O–H groups in total. The lowest BCUT2D eigenvalue weighted by molar-refractivity contribution is 0.102. The Balaban J connectivity index is 1.79. The number of carbonyl (C=O) groups is 1. The average molecular weight is 433 g/mol. The Kier molecular flexibility index (Phi) is 5.70. The first kappa shape index (κ1) is 20.6. The molecule has 4 rings (SSSR count). The summed E-state index contributed by atoms with van der Waals surface area (Å²) in [6.07, 6.45) is 0. The fourth-order valence-corrected chi connectivity index (χ4v) is 4.84. The number of para-hydroxylation sites is 1. The molecule has 0 aliphatic carbocycles. The summed E-state index contributed by atoms with van der Waals surface area (Å²) in [5, 5.41) is 3.96. The number of anilines is 2. The highest BCUT2D eigenvalue weighted by Gasteiger charge is 2.28. The molecular weight excluding hydrogens is 412 g/mol. The quantitative estimate of drug-likeness (QED) is 0.442. The van der Waals surface area contributed by atoms with Gasteiger partial charge in [-0.25, -0.2) is 0 Å². The van der Waals surface area contributed by atoms with Crippen LogP contribution in [0, 0.1) is 0 Å². The summed E-state index contributed by atoms with van der Waals surface area (Å²) in [6, 6.07) is 27.5. The first-order chi connectivity index (χ1) is 15.0. The van der Waals surface area contributed by atoms with Gasteiger partial charge in [0.25, 0.3) is 15.9 Å². The Labute approximate surface area is 180 Å². The molecule has 0 aliphatic heterocycles. The molecule has 4 aromatic rings. The minimum Gasteiger partial charge on any atom is -0.321 e. The maximum atomic E-state index is 13.4. The van der Waals surface area contributed by atoms with Crippen LogP contribution in [0.25, 0.3) is 10.8 Å². The monoisotopic (exact) mass is 432 g/mol. The number of benzene rings is 4. The van der Waals surface area contributed by atoms with Crippen molar-refractivity contribution in [2.45, 2.75) is 4.90 Å². The van der Waals surface area contributed by atoms with Crippen LogP contribution in [0.5, 0.6) is 0 Å². The molecule has 0 aliphatic rings. The number of hydrogen-bond acceptors (Lipinski definition) is 4. The van der Waals surface area contributed by atoms with Crippen LogP contribution >= 0.6 is 0 Å². The summed E-state index contributed by atoms with van der Waals surface area (Å²) in [5.74, 6) is -0.274. The number of amides is 1. The minimum atomic E-state index is -4.03. The van der Waals surface area contributed by atoms with Gasteiger partial charge in [0.2, 0.25) is 0 Å². The summed E-state index contributed by atoms with van der Waals surface area (Å²) >= 11 is 0. The highest BCUT2D eigenvalue weighted by atomic mass is 32.2. The molecule has 0 saturated carbocycles. The van der Waals surface area contributed by atoms with Gasteiger partial charge in [-0.3, -0.25) is 9.63 Å². The SMILES string of the molecule is CON(c1ccccc1)S(=O)(=O)c1ccc(NC(=O)c2ccccc2)c2ccccc12. The van der Waals surface area contributed by atoms with Crippen LogP contribution in [0.2, 0.25) is 0 Å². The average Bonchev–Trinajstić information content (AvgIpc) is 2.80. The number of nitrogens with zero attached hydrogens (tertiary/aromatic N) is 1. The van der Waals surface area contributed by atoms with Crippen molar-refractivity contribution in [3.05, 3.63) is 103 Å². The van der Waals surface area contributed by atoms with Crippen LogP contribution in [-0.4, -0.2) is 21.4 Å². The van der Waals surface area contributed by atoms with E-state index in [9.17, 15) is 13.2 Å². The highest BCUT2D eigenvalue weighted by Crippen LogP contribution is 2.33. The third-order valence-corrected chi connectivity index (χ3v) is 6.51. The molecule has 0 unspecified atom stereocenters. The second-order valence-electron chi connectivity index (χ2n) is 6.73. The van der Waals surface area contributed by atoms with Crippen LogP contribution in [0.4, 0.5) is 11.4 Å². The summed E-state index contributed by atoms with van der Waals surface area (Å²) in [6.45, 7) is 0. The van der Waals surface area contributed by atoms with Crippen molar-refractivity contribution in [2.24, 2.45) is 0 Å². The van der Waals surface area contributed by atoms with Crippen LogP contribution < -0.4 is 9.79 Å². The second-order valence-corrected chi connectivity index (χ2v) is 8.45. The van der Waals surface area contributed by atoms with Crippen molar-refractivity contribution in [2.75, 3.05) is 16.9 Å². The first-order valence-electron chi connectivity index (χ1n) is 9.55. The number of nitrogens with one attached hydrogen (secondary N) is 1. The number of carbonyl (C=O) groups excluding carboxylic acids is 1. The minimum absolute atomic E-state index is 0.0755. The molecule has 0 saturated heterocycles. The van der Waals surface area contributed by atoms with Crippen LogP contribution in [0.3, 0.4) is 0 Å². The van der Waals surface area contributed by atoms with Gasteiger partial charge in [0.1, 0.15) is 0 Å². The van der Waals surface area contributed by atoms with Gasteiger partial charge in [-0.05, 0) is 36.4 Å². The van der Waals surface area contributed by atoms with Gasteiger partial charge >= 0.3 is 0 Å². The van der Waals surface area contributed by atoms with Crippen molar-refractivity contribution >= 4 is 38.1 Å². The van der Waals surface area contributed by atoms with E-state index in [4.69, 9.17) is 4.84 Å². The molecule has 0 bridgehead atoms. The zero-order valence-electron chi connectivity index (χ0n) is 16.7. The van der Waals surface area contributed by atoms with Gasteiger partial charge in [-0.15, -0.1) is 4.47 Å². The third kappa shape index (κ3) is 4.01. The van der Waals surface area contributed by atoms with E-state index in [1.54, 1.807) is 84.9 Å². The molecule has 0 heterocycles. The molecule has 0 aromatic heterocycles. The van der Waals surface area contributed by atoms with E-state index in [1.807, 2.05) is 6.07 Å². The predicted molar refractivity (Wildman–Crippen MR) is 121 cm³/mol. The summed E-state index contributed by atoms with van der Waals surface area (Å²) in [7, 11) is -2.72. The summed E-state index contributed by atoms with van der Waals surface area (Å²) in [4.78, 5) is 17.9. The van der Waals surface area contributed by atoms with E-state index in [2.05, 4.69) is 5.32 Å². The summed E-state index contributed by atoms with van der Waals surface area (Å²) < 4.78 is 27.8. The van der Waals surface area contributed by atoms with E-state index in [0.29, 0.717) is 27.7 Å². The van der Waals surface area contributed by atoms with E-state index in [-0.39, 0.29) is 10.8 Å². The van der Waals surface area contributed by atoms with Crippen molar-refractivity contribution in [3.8, 4) is 0 Å². The number of rotatable bonds is 6. The molecule has 156 valence electrons. The molecule has 31 heavy (non-hydrogen) atoms. The van der Waals surface area contributed by atoms with Crippen molar-refractivity contribution in [1.29, 1.82) is 0 Å². The van der Waals surface area contributed by atoms with Gasteiger partial charge < -0.3 is 5.32 Å². The van der Waals surface area contributed by atoms with Crippen molar-refractivity contribution < 1.29 is 18.0 Å². The number of fused-ring (bicyclic) bond motifs is 1. The van der Waals surface area contributed by atoms with Gasteiger partial charge in [0.05, 0.1) is 17.7 Å². The molecule has 0 fully saturated rings. The molecule has 7 heteroatoms. The van der Waals surface area contributed by atoms with Crippen LogP contribution in [-0.2, 0) is 14.9 Å². The lowest BCUT2D eigenvalue weighted by Crippen LogP contribution is -2.30. The first-order valence-corrected chi connectivity index (χ1v) is 11.0. The number of sulfonamides is 1. The van der Waals surface area contributed by atoms with E-state index >= 15 is 0 Å². The molecule has 0 spiro atoms. The Morgan fingerprint density at radius 3 is 2.00 bits per heavy atom. The smallest absolute Gasteiger partial charge is 0.287 e. The Hall–Kier alpha value is -3.68. The van der Waals surface area contributed by atoms with E-state index in [1.165, 1.54) is 13.2 Å². The lowest BCUT2D eigenvalue weighted by atomic mass is 10.1. The molecule has 0 radical (unpaired) electrons. The van der Waals surface area contributed by atoms with E-state index in [0.717, 1.165) is 4.47 Å². The molecular formula is C24H20N2O4S. The summed E-state index contributed by atoms with van der Waals surface area (Å²) in [5.41, 5.74) is 1.42. The fraction of sp³-hybridized carbons (Fsp3) is 0.0417. The maximum absolute atomic E-state index is 13.4. The Morgan fingerprint density at radius 1 is 0.774 bits per heavy atom. The topological polar surface area (TPSA) is 75.7 Å². The predicted octanol–water partition coefficient (Wildman–Crippen LogP) is 4.85. The second kappa shape index (κ2) is 8.59. The lowest BCUT2D eigenvalue weighted by Gasteiger charge is -2.22. The molecule has 6 nitrogen and oxygen atoms in total. The van der Waals surface area contributed by atoms with Gasteiger partial charge in [0.15, 0.2) is 0 Å². The highest BCUT2D eigenvalue weighted by molar-refractivity contribution is 7.92. The Morgan fingerprint density at radius 2 is 1.35 bits per heavy atom. The van der Waals surface area contributed by atoms with Gasteiger partial charge in [0, 0.05) is 22.0 Å². The van der Waals surface area contributed by atoms with Gasteiger partial charge in [-0.2, -0.15) is 8.42 Å². The molecule has 4 aromatic carbocycles. The van der Waals surface area contributed by atoms with Crippen molar-refractivity contribution in [3.63, 3.8) is 0 Å². The number of hydrogen-bond donors (Lipinski definition) is 1. The van der Waals surface area contributed by atoms with Crippen molar-refractivity contribution in [1.82, 2.24) is 0 Å². The standard InChI is InChI=1S/C24H20N2O4S/c1-30-26(19-12-6-3-7-13-19)31(28,29)23-17-16-22(20-14-8-9-15-21(20)23)25-24(27)18-10-4-2-5-11-18/h2-17H,1H3,(H,25,27). The third-order valence-electron chi connectivity index (χ3n) is 4.80. The van der Waals surface area contributed by atoms with Gasteiger partial charge in [-0.1, -0.05) is 60.7 Å². The molecule has 1 amide bonds. The zero-order chi connectivity index (χ0) is 21.8. The maximum Gasteiger partial charge on any atom is 0.287 e. The zero-order valence-corrected chi connectivity index (χ0v) is 17.5. The largest absolute Gasteiger partial charge is 0.321 e. The van der Waals surface area contributed by atoms with Crippen LogP contribution in [0.15, 0.2) is 102 Å².